The summed E-state index contributed by atoms with van der Waals surface area (Å²) >= 11 is 6.34. The van der Waals surface area contributed by atoms with E-state index < -0.39 is 0 Å². The molecule has 2 nitrogen and oxygen atoms in total. The fraction of sp³-hybridized carbons (Fsp3) is 0.125. The summed E-state index contributed by atoms with van der Waals surface area (Å²) in [7, 11) is 0. The number of fused-ring (bicyclic) bond motifs is 1. The van der Waals surface area contributed by atoms with Gasteiger partial charge in [0.2, 0.25) is 0 Å². The quantitative estimate of drug-likeness (QED) is 0.721. The largest absolute Gasteiger partial charge is 0.494 e. The number of aromatic nitrogens is 1. The molecule has 1 N–H and O–H groups in total. The molecule has 3 aromatic rings. The first-order valence-electron chi connectivity index (χ1n) is 6.28. The average molecular weight is 272 g/mol. The molecule has 0 bridgehead atoms. The van der Waals surface area contributed by atoms with Gasteiger partial charge in [-0.3, -0.25) is 0 Å². The molecule has 19 heavy (non-hydrogen) atoms. The van der Waals surface area contributed by atoms with Crippen molar-refractivity contribution in [2.45, 2.75) is 6.92 Å². The summed E-state index contributed by atoms with van der Waals surface area (Å²) in [5, 5.41) is 1.91. The molecule has 0 spiro atoms. The van der Waals surface area contributed by atoms with Crippen molar-refractivity contribution in [1.29, 1.82) is 0 Å². The van der Waals surface area contributed by atoms with Crippen molar-refractivity contribution in [3.05, 3.63) is 53.7 Å². The maximum Gasteiger partial charge on any atom is 0.119 e. The lowest BCUT2D eigenvalue weighted by Crippen LogP contribution is -1.90. The molecule has 0 radical (unpaired) electrons. The summed E-state index contributed by atoms with van der Waals surface area (Å²) in [5.41, 5.74) is 3.19. The van der Waals surface area contributed by atoms with Crippen molar-refractivity contribution in [2.75, 3.05) is 6.61 Å². The van der Waals surface area contributed by atoms with E-state index in [1.54, 1.807) is 0 Å². The summed E-state index contributed by atoms with van der Waals surface area (Å²) in [4.78, 5) is 3.16. The molecule has 96 valence electrons. The van der Waals surface area contributed by atoms with Gasteiger partial charge in [-0.05, 0) is 42.8 Å². The Kier molecular flexibility index (Phi) is 3.18. The van der Waals surface area contributed by atoms with Crippen LogP contribution in [-0.2, 0) is 0 Å². The number of ether oxygens (including phenoxy) is 1. The van der Waals surface area contributed by atoms with E-state index in [1.165, 1.54) is 0 Å². The summed E-state index contributed by atoms with van der Waals surface area (Å²) in [6.45, 7) is 2.65. The highest BCUT2D eigenvalue weighted by Gasteiger charge is 2.06. The number of H-pyrrole nitrogens is 1. The molecular weight excluding hydrogens is 258 g/mol. The topological polar surface area (TPSA) is 25.0 Å². The Bertz CT molecular complexity index is 700. The van der Waals surface area contributed by atoms with Gasteiger partial charge < -0.3 is 9.72 Å². The number of hydrogen-bond acceptors (Lipinski definition) is 1. The Morgan fingerprint density at radius 3 is 2.63 bits per heavy atom. The zero-order valence-corrected chi connectivity index (χ0v) is 11.4. The van der Waals surface area contributed by atoms with Crippen LogP contribution in [-0.4, -0.2) is 11.6 Å². The molecule has 0 amide bonds. The fourth-order valence-corrected chi connectivity index (χ4v) is 2.47. The third-order valence-electron chi connectivity index (χ3n) is 3.12. The van der Waals surface area contributed by atoms with Gasteiger partial charge in [-0.15, -0.1) is 0 Å². The first-order chi connectivity index (χ1) is 9.28. The third-order valence-corrected chi connectivity index (χ3v) is 3.43. The van der Waals surface area contributed by atoms with Crippen LogP contribution in [0, 0.1) is 0 Å². The minimum Gasteiger partial charge on any atom is -0.494 e. The highest BCUT2D eigenvalue weighted by molar-refractivity contribution is 6.34. The van der Waals surface area contributed by atoms with Crippen molar-refractivity contribution >= 4 is 22.5 Å². The first-order valence-corrected chi connectivity index (χ1v) is 6.65. The van der Waals surface area contributed by atoms with Gasteiger partial charge in [-0.25, -0.2) is 0 Å². The number of nitrogens with one attached hydrogen (secondary N) is 1. The van der Waals surface area contributed by atoms with Crippen molar-refractivity contribution in [1.82, 2.24) is 4.98 Å². The second-order valence-electron chi connectivity index (χ2n) is 4.35. The number of benzene rings is 2. The predicted molar refractivity (Wildman–Crippen MR) is 79.9 cm³/mol. The average Bonchev–Trinajstić information content (AvgIpc) is 2.86. The molecule has 3 rings (SSSR count). The Morgan fingerprint density at radius 2 is 1.89 bits per heavy atom. The summed E-state index contributed by atoms with van der Waals surface area (Å²) in [6.07, 6.45) is 1.92. The van der Waals surface area contributed by atoms with Crippen LogP contribution in [0.5, 0.6) is 5.75 Å². The molecule has 0 aliphatic rings. The standard InChI is InChI=1S/C16H14ClNO/c1-2-19-13-5-3-11(4-6-13)14-9-12-7-8-18-16(12)10-15(14)17/h3-10,18H,2H2,1H3. The normalized spacial score (nSPS) is 10.8. The van der Waals surface area contributed by atoms with Crippen LogP contribution in [0.15, 0.2) is 48.7 Å². The molecule has 0 atom stereocenters. The Hall–Kier alpha value is -1.93. The molecule has 0 fully saturated rings. The van der Waals surface area contributed by atoms with Crippen LogP contribution in [0.4, 0.5) is 0 Å². The number of halogens is 1. The monoisotopic (exact) mass is 271 g/mol. The fourth-order valence-electron chi connectivity index (χ4n) is 2.19. The molecule has 0 saturated heterocycles. The molecule has 1 heterocycles. The van der Waals surface area contributed by atoms with Crippen LogP contribution in [0.25, 0.3) is 22.0 Å². The number of hydrogen-bond donors (Lipinski definition) is 1. The molecule has 1 aromatic heterocycles. The molecule has 3 heteroatoms. The highest BCUT2D eigenvalue weighted by atomic mass is 35.5. The van der Waals surface area contributed by atoms with Crippen LogP contribution in [0.2, 0.25) is 5.02 Å². The van der Waals surface area contributed by atoms with Gasteiger partial charge >= 0.3 is 0 Å². The zero-order valence-electron chi connectivity index (χ0n) is 10.6. The van der Waals surface area contributed by atoms with E-state index in [9.17, 15) is 0 Å². The summed E-state index contributed by atoms with van der Waals surface area (Å²) in [5.74, 6) is 0.880. The van der Waals surface area contributed by atoms with E-state index in [4.69, 9.17) is 16.3 Å². The lowest BCUT2D eigenvalue weighted by atomic mass is 10.0. The second kappa shape index (κ2) is 4.98. The SMILES string of the molecule is CCOc1ccc(-c2cc3cc[nH]c3cc2Cl)cc1. The minimum absolute atomic E-state index is 0.676. The molecule has 0 aliphatic carbocycles. The van der Waals surface area contributed by atoms with E-state index >= 15 is 0 Å². The zero-order chi connectivity index (χ0) is 13.2. The van der Waals surface area contributed by atoms with Gasteiger partial charge in [-0.1, -0.05) is 23.7 Å². The molecule has 2 aromatic carbocycles. The van der Waals surface area contributed by atoms with E-state index in [1.807, 2.05) is 49.5 Å². The summed E-state index contributed by atoms with van der Waals surface area (Å²) < 4.78 is 5.45. The van der Waals surface area contributed by atoms with Crippen LogP contribution in [0.1, 0.15) is 6.92 Å². The number of aromatic amines is 1. The lowest BCUT2D eigenvalue weighted by molar-refractivity contribution is 0.340. The van der Waals surface area contributed by atoms with Gasteiger partial charge in [0.05, 0.1) is 11.6 Å². The van der Waals surface area contributed by atoms with Gasteiger partial charge in [0.15, 0.2) is 0 Å². The molecule has 0 unspecified atom stereocenters. The second-order valence-corrected chi connectivity index (χ2v) is 4.76. The molecule has 0 saturated carbocycles. The molecular formula is C16H14ClNO. The van der Waals surface area contributed by atoms with Crippen molar-refractivity contribution in [3.63, 3.8) is 0 Å². The Balaban J connectivity index is 2.04. The van der Waals surface area contributed by atoms with E-state index in [2.05, 4.69) is 11.1 Å². The minimum atomic E-state index is 0.676. The van der Waals surface area contributed by atoms with E-state index in [-0.39, 0.29) is 0 Å². The van der Waals surface area contributed by atoms with Crippen LogP contribution in [0.3, 0.4) is 0 Å². The van der Waals surface area contributed by atoms with Gasteiger partial charge in [0.1, 0.15) is 5.75 Å². The Morgan fingerprint density at radius 1 is 1.11 bits per heavy atom. The maximum absolute atomic E-state index is 6.34. The lowest BCUT2D eigenvalue weighted by Gasteiger charge is -2.07. The van der Waals surface area contributed by atoms with Crippen molar-refractivity contribution < 1.29 is 4.74 Å². The third kappa shape index (κ3) is 2.32. The highest BCUT2D eigenvalue weighted by Crippen LogP contribution is 2.32. The molecule has 0 aliphatic heterocycles. The van der Waals surface area contributed by atoms with Crippen molar-refractivity contribution in [2.24, 2.45) is 0 Å². The number of rotatable bonds is 3. The van der Waals surface area contributed by atoms with Gasteiger partial charge in [-0.2, -0.15) is 0 Å². The smallest absolute Gasteiger partial charge is 0.119 e. The maximum atomic E-state index is 6.34. The van der Waals surface area contributed by atoms with Crippen LogP contribution >= 0.6 is 11.6 Å². The first kappa shape index (κ1) is 12.1. The van der Waals surface area contributed by atoms with E-state index in [0.717, 1.165) is 32.8 Å². The summed E-state index contributed by atoms with van der Waals surface area (Å²) in [6, 6.07) is 14.1. The predicted octanol–water partition coefficient (Wildman–Crippen LogP) is 4.89. The van der Waals surface area contributed by atoms with Gasteiger partial charge in [0.25, 0.3) is 0 Å². The van der Waals surface area contributed by atoms with Crippen LogP contribution < -0.4 is 4.74 Å². The van der Waals surface area contributed by atoms with E-state index in [0.29, 0.717) is 6.61 Å². The van der Waals surface area contributed by atoms with Gasteiger partial charge in [0, 0.05) is 22.7 Å². The Labute approximate surface area is 117 Å². The van der Waals surface area contributed by atoms with Crippen molar-refractivity contribution in [3.8, 4) is 16.9 Å².